The molecule has 0 saturated carbocycles. The predicted molar refractivity (Wildman–Crippen MR) is 75.1 cm³/mol. The van der Waals surface area contributed by atoms with Crippen molar-refractivity contribution in [2.45, 2.75) is 32.9 Å². The third kappa shape index (κ3) is 2.44. The predicted octanol–water partition coefficient (Wildman–Crippen LogP) is 4.73. The topological polar surface area (TPSA) is 24.9 Å². The van der Waals surface area contributed by atoms with Crippen LogP contribution in [0.15, 0.2) is 18.2 Å². The van der Waals surface area contributed by atoms with Crippen LogP contribution in [0.5, 0.6) is 0 Å². The zero-order valence-corrected chi connectivity index (χ0v) is 11.9. The summed E-state index contributed by atoms with van der Waals surface area (Å²) < 4.78 is 39.0. The zero-order chi connectivity index (χ0) is 15.1. The summed E-state index contributed by atoms with van der Waals surface area (Å²) in [7, 11) is 1.63. The summed E-state index contributed by atoms with van der Waals surface area (Å²) in [6.45, 7) is 5.54. The van der Waals surface area contributed by atoms with Gasteiger partial charge < -0.3 is 5.32 Å². The Labute approximate surface area is 116 Å². The van der Waals surface area contributed by atoms with Crippen LogP contribution in [0.1, 0.15) is 36.6 Å². The lowest BCUT2D eigenvalue weighted by molar-refractivity contribution is -0.141. The van der Waals surface area contributed by atoms with Crippen LogP contribution in [0.2, 0.25) is 0 Å². The van der Waals surface area contributed by atoms with Crippen LogP contribution in [0.3, 0.4) is 0 Å². The van der Waals surface area contributed by atoms with Gasteiger partial charge in [-0.15, -0.1) is 0 Å². The summed E-state index contributed by atoms with van der Waals surface area (Å²) in [4.78, 5) is 3.79. The smallest absolute Gasteiger partial charge is 0.387 e. The molecule has 0 aliphatic rings. The number of halogens is 3. The lowest BCUT2D eigenvalue weighted by atomic mass is 9.98. The molecule has 2 aromatic rings. The minimum atomic E-state index is -4.44. The highest BCUT2D eigenvalue weighted by molar-refractivity contribution is 5.94. The SMILES string of the molecule is CNc1c(C)c(C(F)(F)F)nc2ccc(C(C)C)cc12. The van der Waals surface area contributed by atoms with E-state index in [1.165, 1.54) is 6.92 Å². The maximum atomic E-state index is 13.0. The van der Waals surface area contributed by atoms with Crippen molar-refractivity contribution in [3.63, 3.8) is 0 Å². The number of rotatable bonds is 2. The first-order chi connectivity index (χ1) is 9.25. The summed E-state index contributed by atoms with van der Waals surface area (Å²) in [5.41, 5.74) is 1.23. The van der Waals surface area contributed by atoms with E-state index in [2.05, 4.69) is 10.3 Å². The van der Waals surface area contributed by atoms with Crippen LogP contribution < -0.4 is 5.32 Å². The minimum Gasteiger partial charge on any atom is -0.387 e. The van der Waals surface area contributed by atoms with Gasteiger partial charge in [0.05, 0.1) is 5.52 Å². The van der Waals surface area contributed by atoms with Gasteiger partial charge in [-0.3, -0.25) is 0 Å². The fourth-order valence-corrected chi connectivity index (χ4v) is 2.33. The van der Waals surface area contributed by atoms with Gasteiger partial charge in [0.1, 0.15) is 5.69 Å². The van der Waals surface area contributed by atoms with Crippen molar-refractivity contribution >= 4 is 16.6 Å². The molecule has 1 N–H and O–H groups in total. The molecule has 20 heavy (non-hydrogen) atoms. The Balaban J connectivity index is 2.81. The fourth-order valence-electron chi connectivity index (χ4n) is 2.33. The van der Waals surface area contributed by atoms with Crippen molar-refractivity contribution in [1.29, 1.82) is 0 Å². The van der Waals surface area contributed by atoms with Crippen molar-refractivity contribution in [1.82, 2.24) is 4.98 Å². The molecule has 108 valence electrons. The van der Waals surface area contributed by atoms with Gasteiger partial charge in [0.2, 0.25) is 0 Å². The van der Waals surface area contributed by atoms with E-state index < -0.39 is 11.9 Å². The zero-order valence-electron chi connectivity index (χ0n) is 11.9. The van der Waals surface area contributed by atoms with E-state index >= 15 is 0 Å². The largest absolute Gasteiger partial charge is 0.433 e. The van der Waals surface area contributed by atoms with Gasteiger partial charge in [-0.1, -0.05) is 19.9 Å². The highest BCUT2D eigenvalue weighted by Gasteiger charge is 2.35. The number of pyridine rings is 1. The molecule has 1 aromatic carbocycles. The molecule has 0 bridgehead atoms. The van der Waals surface area contributed by atoms with Crippen LogP contribution in [0.4, 0.5) is 18.9 Å². The van der Waals surface area contributed by atoms with Gasteiger partial charge in [0.25, 0.3) is 0 Å². The lowest BCUT2D eigenvalue weighted by Gasteiger charge is -2.17. The van der Waals surface area contributed by atoms with Crippen molar-refractivity contribution < 1.29 is 13.2 Å². The average Bonchev–Trinajstić information content (AvgIpc) is 2.36. The number of hydrogen-bond acceptors (Lipinski definition) is 2. The Bertz CT molecular complexity index is 646. The monoisotopic (exact) mass is 282 g/mol. The Hall–Kier alpha value is -1.78. The van der Waals surface area contributed by atoms with Crippen molar-refractivity contribution in [3.8, 4) is 0 Å². The highest BCUT2D eigenvalue weighted by Crippen LogP contribution is 2.37. The average molecular weight is 282 g/mol. The van der Waals surface area contributed by atoms with Gasteiger partial charge in [-0.25, -0.2) is 4.98 Å². The molecular weight excluding hydrogens is 265 g/mol. The number of anilines is 1. The number of aromatic nitrogens is 1. The molecule has 0 atom stereocenters. The first-order valence-corrected chi connectivity index (χ1v) is 6.45. The second kappa shape index (κ2) is 4.96. The molecule has 0 unspecified atom stereocenters. The van der Waals surface area contributed by atoms with E-state index in [0.717, 1.165) is 10.9 Å². The molecular formula is C15H17F3N2. The summed E-state index contributed by atoms with van der Waals surface area (Å²) in [6, 6.07) is 5.39. The van der Waals surface area contributed by atoms with E-state index in [1.54, 1.807) is 13.1 Å². The number of benzene rings is 1. The molecule has 0 spiro atoms. The Morgan fingerprint density at radius 1 is 1.20 bits per heavy atom. The summed E-state index contributed by atoms with van der Waals surface area (Å²) >= 11 is 0. The second-order valence-electron chi connectivity index (χ2n) is 5.14. The minimum absolute atomic E-state index is 0.133. The summed E-state index contributed by atoms with van der Waals surface area (Å²) in [6.07, 6.45) is -4.44. The maximum Gasteiger partial charge on any atom is 0.433 e. The first kappa shape index (κ1) is 14.6. The lowest BCUT2D eigenvalue weighted by Crippen LogP contribution is -2.12. The van der Waals surface area contributed by atoms with Crippen molar-refractivity contribution in [2.75, 3.05) is 12.4 Å². The van der Waals surface area contributed by atoms with Gasteiger partial charge in [0, 0.05) is 23.7 Å². The molecule has 0 radical (unpaired) electrons. The highest BCUT2D eigenvalue weighted by atomic mass is 19.4. The molecule has 0 amide bonds. The van der Waals surface area contributed by atoms with Crippen LogP contribution >= 0.6 is 0 Å². The standard InChI is InChI=1S/C15H17F3N2/c1-8(2)10-5-6-12-11(7-10)13(19-4)9(3)14(20-12)15(16,17)18/h5-8H,1-4H3,(H,19,20). The quantitative estimate of drug-likeness (QED) is 0.861. The van der Waals surface area contributed by atoms with Crippen LogP contribution in [0.25, 0.3) is 10.9 Å². The number of nitrogens with one attached hydrogen (secondary N) is 1. The van der Waals surface area contributed by atoms with Crippen molar-refractivity contribution in [2.24, 2.45) is 0 Å². The molecule has 5 heteroatoms. The molecule has 0 fully saturated rings. The van der Waals surface area contributed by atoms with Gasteiger partial charge in [0.15, 0.2) is 0 Å². The maximum absolute atomic E-state index is 13.0. The molecule has 2 nitrogen and oxygen atoms in total. The number of alkyl halides is 3. The third-order valence-electron chi connectivity index (χ3n) is 3.44. The fraction of sp³-hybridized carbons (Fsp3) is 0.400. The number of nitrogens with zero attached hydrogens (tertiary/aromatic N) is 1. The van der Waals surface area contributed by atoms with E-state index in [1.807, 2.05) is 26.0 Å². The van der Waals surface area contributed by atoms with E-state index in [9.17, 15) is 13.2 Å². The van der Waals surface area contributed by atoms with E-state index in [-0.39, 0.29) is 5.56 Å². The third-order valence-corrected chi connectivity index (χ3v) is 3.44. The Kier molecular flexibility index (Phi) is 3.63. The van der Waals surface area contributed by atoms with E-state index in [0.29, 0.717) is 17.1 Å². The summed E-state index contributed by atoms with van der Waals surface area (Å²) in [5.74, 6) is 0.312. The molecule has 0 saturated heterocycles. The Morgan fingerprint density at radius 2 is 1.85 bits per heavy atom. The molecule has 0 aliphatic heterocycles. The number of fused-ring (bicyclic) bond motifs is 1. The van der Waals surface area contributed by atoms with Crippen molar-refractivity contribution in [3.05, 3.63) is 35.0 Å². The van der Waals surface area contributed by atoms with Crippen LogP contribution in [-0.4, -0.2) is 12.0 Å². The van der Waals surface area contributed by atoms with Crippen LogP contribution in [0, 0.1) is 6.92 Å². The number of hydrogen-bond donors (Lipinski definition) is 1. The molecule has 1 heterocycles. The summed E-state index contributed by atoms with van der Waals surface area (Å²) in [5, 5.41) is 3.60. The molecule has 2 rings (SSSR count). The van der Waals surface area contributed by atoms with Crippen LogP contribution in [-0.2, 0) is 6.18 Å². The van der Waals surface area contributed by atoms with Gasteiger partial charge >= 0.3 is 6.18 Å². The first-order valence-electron chi connectivity index (χ1n) is 6.45. The van der Waals surface area contributed by atoms with E-state index in [4.69, 9.17) is 0 Å². The second-order valence-corrected chi connectivity index (χ2v) is 5.14. The molecule has 0 aliphatic carbocycles. The normalized spacial score (nSPS) is 12.2. The Morgan fingerprint density at radius 3 is 2.35 bits per heavy atom. The molecule has 1 aromatic heterocycles. The van der Waals surface area contributed by atoms with Gasteiger partial charge in [-0.05, 0) is 30.5 Å². The van der Waals surface area contributed by atoms with Gasteiger partial charge in [-0.2, -0.15) is 13.2 Å².